The number of aromatic amines is 1. The fourth-order valence-corrected chi connectivity index (χ4v) is 1.78. The van der Waals surface area contributed by atoms with Crippen molar-refractivity contribution >= 4 is 28.1 Å². The van der Waals surface area contributed by atoms with Crippen molar-refractivity contribution in [1.82, 2.24) is 9.97 Å². The van der Waals surface area contributed by atoms with E-state index in [0.29, 0.717) is 16.0 Å². The van der Waals surface area contributed by atoms with Crippen molar-refractivity contribution in [1.29, 1.82) is 0 Å². The minimum Gasteiger partial charge on any atom is -0.342 e. The van der Waals surface area contributed by atoms with Gasteiger partial charge in [0, 0.05) is 11.3 Å². The van der Waals surface area contributed by atoms with Gasteiger partial charge in [-0.3, -0.25) is 0 Å². The van der Waals surface area contributed by atoms with Gasteiger partial charge >= 0.3 is 0 Å². The SMILES string of the molecule is Cc1[nH]c(-c2cccc(F)c2)nc(=S)c1Br. The molecule has 0 bridgehead atoms. The Morgan fingerprint density at radius 1 is 1.44 bits per heavy atom. The lowest BCUT2D eigenvalue weighted by Gasteiger charge is -2.04. The minimum atomic E-state index is -0.292. The molecule has 0 aliphatic rings. The molecule has 0 amide bonds. The van der Waals surface area contributed by atoms with Crippen molar-refractivity contribution in [3.8, 4) is 11.4 Å². The highest BCUT2D eigenvalue weighted by atomic mass is 79.9. The third-order valence-corrected chi connectivity index (χ3v) is 3.66. The summed E-state index contributed by atoms with van der Waals surface area (Å²) in [4.78, 5) is 7.26. The van der Waals surface area contributed by atoms with Crippen LogP contribution >= 0.6 is 28.1 Å². The molecule has 0 saturated heterocycles. The predicted molar refractivity (Wildman–Crippen MR) is 67.3 cm³/mol. The second kappa shape index (κ2) is 4.43. The van der Waals surface area contributed by atoms with Crippen LogP contribution in [-0.4, -0.2) is 9.97 Å². The molecular weight excluding hydrogens is 291 g/mol. The highest BCUT2D eigenvalue weighted by Crippen LogP contribution is 2.20. The molecule has 0 radical (unpaired) electrons. The molecule has 82 valence electrons. The first-order chi connectivity index (χ1) is 7.58. The summed E-state index contributed by atoms with van der Waals surface area (Å²) in [6.45, 7) is 1.88. The normalized spacial score (nSPS) is 10.4. The van der Waals surface area contributed by atoms with Gasteiger partial charge in [-0.05, 0) is 35.0 Å². The average molecular weight is 299 g/mol. The van der Waals surface area contributed by atoms with Gasteiger partial charge in [0.1, 0.15) is 16.3 Å². The topological polar surface area (TPSA) is 28.7 Å². The maximum atomic E-state index is 13.1. The molecule has 0 fully saturated rings. The first-order valence-electron chi connectivity index (χ1n) is 4.60. The first-order valence-corrected chi connectivity index (χ1v) is 5.80. The third kappa shape index (κ3) is 2.20. The predicted octanol–water partition coefficient (Wildman–Crippen LogP) is 4.02. The molecule has 5 heteroatoms. The Kier molecular flexibility index (Phi) is 3.16. The molecule has 0 unspecified atom stereocenters. The maximum Gasteiger partial charge on any atom is 0.144 e. The van der Waals surface area contributed by atoms with Gasteiger partial charge in [-0.25, -0.2) is 9.37 Å². The number of nitrogens with zero attached hydrogens (tertiary/aromatic N) is 1. The zero-order valence-corrected chi connectivity index (χ0v) is 10.8. The Hall–Kier alpha value is -1.07. The summed E-state index contributed by atoms with van der Waals surface area (Å²) in [5, 5.41) is 0. The Morgan fingerprint density at radius 3 is 2.81 bits per heavy atom. The van der Waals surface area contributed by atoms with E-state index in [2.05, 4.69) is 25.9 Å². The van der Waals surface area contributed by atoms with Gasteiger partial charge in [0.2, 0.25) is 0 Å². The number of hydrogen-bond donors (Lipinski definition) is 1. The molecule has 2 aromatic rings. The van der Waals surface area contributed by atoms with Crippen molar-refractivity contribution in [3.05, 3.63) is 44.9 Å². The van der Waals surface area contributed by atoms with Gasteiger partial charge in [0.15, 0.2) is 0 Å². The Morgan fingerprint density at radius 2 is 2.19 bits per heavy atom. The number of H-pyrrole nitrogens is 1. The minimum absolute atomic E-state index is 0.292. The Bertz CT molecular complexity index is 595. The van der Waals surface area contributed by atoms with Crippen LogP contribution in [0.15, 0.2) is 28.7 Å². The van der Waals surface area contributed by atoms with Gasteiger partial charge in [0.25, 0.3) is 0 Å². The molecule has 1 aromatic heterocycles. The van der Waals surface area contributed by atoms with E-state index in [1.54, 1.807) is 12.1 Å². The number of rotatable bonds is 1. The van der Waals surface area contributed by atoms with E-state index in [1.165, 1.54) is 12.1 Å². The van der Waals surface area contributed by atoms with Crippen molar-refractivity contribution in [2.45, 2.75) is 6.92 Å². The van der Waals surface area contributed by atoms with E-state index in [-0.39, 0.29) is 5.82 Å². The number of benzene rings is 1. The molecule has 2 rings (SSSR count). The van der Waals surface area contributed by atoms with E-state index in [1.807, 2.05) is 6.92 Å². The summed E-state index contributed by atoms with van der Waals surface area (Å²) in [5.41, 5.74) is 1.56. The molecule has 1 aromatic carbocycles. The zero-order chi connectivity index (χ0) is 11.7. The van der Waals surface area contributed by atoms with Crippen LogP contribution in [0.2, 0.25) is 0 Å². The average Bonchev–Trinajstić information content (AvgIpc) is 2.25. The molecule has 0 saturated carbocycles. The van der Waals surface area contributed by atoms with Crippen LogP contribution < -0.4 is 0 Å². The summed E-state index contributed by atoms with van der Waals surface area (Å²) < 4.78 is 14.3. The van der Waals surface area contributed by atoms with Crippen LogP contribution in [-0.2, 0) is 0 Å². The smallest absolute Gasteiger partial charge is 0.144 e. The lowest BCUT2D eigenvalue weighted by Crippen LogP contribution is -1.94. The van der Waals surface area contributed by atoms with Crippen molar-refractivity contribution in [2.75, 3.05) is 0 Å². The van der Waals surface area contributed by atoms with Crippen LogP contribution in [0.5, 0.6) is 0 Å². The molecule has 16 heavy (non-hydrogen) atoms. The third-order valence-electron chi connectivity index (χ3n) is 2.13. The summed E-state index contributed by atoms with van der Waals surface area (Å²) in [6, 6.07) is 6.23. The molecule has 0 atom stereocenters. The molecule has 1 N–H and O–H groups in total. The fourth-order valence-electron chi connectivity index (χ4n) is 1.34. The largest absolute Gasteiger partial charge is 0.342 e. The van der Waals surface area contributed by atoms with Crippen LogP contribution in [0.4, 0.5) is 4.39 Å². The molecule has 0 spiro atoms. The second-order valence-corrected chi connectivity index (χ2v) is 4.52. The van der Waals surface area contributed by atoms with Gasteiger partial charge in [-0.15, -0.1) is 0 Å². The maximum absolute atomic E-state index is 13.1. The Labute approximate surface area is 106 Å². The van der Waals surface area contributed by atoms with Crippen LogP contribution in [0.25, 0.3) is 11.4 Å². The lowest BCUT2D eigenvalue weighted by atomic mass is 10.2. The van der Waals surface area contributed by atoms with Crippen LogP contribution in [0.1, 0.15) is 5.69 Å². The molecule has 0 aliphatic carbocycles. The summed E-state index contributed by atoms with van der Waals surface area (Å²) in [5.74, 6) is 0.282. The quantitative estimate of drug-likeness (QED) is 0.806. The summed E-state index contributed by atoms with van der Waals surface area (Å²) >= 11 is 8.42. The monoisotopic (exact) mass is 298 g/mol. The van der Waals surface area contributed by atoms with Crippen molar-refractivity contribution in [2.24, 2.45) is 0 Å². The standard InChI is InChI=1S/C11H8BrFN2S/c1-6-9(12)11(16)15-10(14-6)7-3-2-4-8(13)5-7/h2-5H,1H3,(H,14,15,16). The van der Waals surface area contributed by atoms with Gasteiger partial charge in [0.05, 0.1) is 4.47 Å². The molecule has 2 nitrogen and oxygen atoms in total. The van der Waals surface area contributed by atoms with E-state index < -0.39 is 0 Å². The number of nitrogens with one attached hydrogen (secondary N) is 1. The lowest BCUT2D eigenvalue weighted by molar-refractivity contribution is 0.628. The van der Waals surface area contributed by atoms with E-state index in [9.17, 15) is 4.39 Å². The first kappa shape index (κ1) is 11.4. The highest BCUT2D eigenvalue weighted by molar-refractivity contribution is 9.10. The van der Waals surface area contributed by atoms with E-state index >= 15 is 0 Å². The van der Waals surface area contributed by atoms with Crippen LogP contribution in [0, 0.1) is 17.4 Å². The number of halogens is 2. The van der Waals surface area contributed by atoms with Crippen molar-refractivity contribution < 1.29 is 4.39 Å². The fraction of sp³-hybridized carbons (Fsp3) is 0.0909. The molecule has 1 heterocycles. The zero-order valence-electron chi connectivity index (χ0n) is 8.42. The summed E-state index contributed by atoms with van der Waals surface area (Å²) in [7, 11) is 0. The number of aryl methyl sites for hydroxylation is 1. The highest BCUT2D eigenvalue weighted by Gasteiger charge is 2.05. The van der Waals surface area contributed by atoms with Gasteiger partial charge in [-0.1, -0.05) is 24.4 Å². The second-order valence-electron chi connectivity index (χ2n) is 3.34. The summed E-state index contributed by atoms with van der Waals surface area (Å²) in [6.07, 6.45) is 0. The number of hydrogen-bond acceptors (Lipinski definition) is 2. The molecular formula is C11H8BrFN2S. The van der Waals surface area contributed by atoms with Gasteiger partial charge in [-0.2, -0.15) is 0 Å². The Balaban J connectivity index is 2.61. The van der Waals surface area contributed by atoms with E-state index in [4.69, 9.17) is 12.2 Å². The van der Waals surface area contributed by atoms with E-state index in [0.717, 1.165) is 10.2 Å². The number of aromatic nitrogens is 2. The van der Waals surface area contributed by atoms with Crippen molar-refractivity contribution in [3.63, 3.8) is 0 Å². The van der Waals surface area contributed by atoms with Crippen LogP contribution in [0.3, 0.4) is 0 Å². The van der Waals surface area contributed by atoms with Gasteiger partial charge < -0.3 is 4.98 Å². The molecule has 0 aliphatic heterocycles.